The number of pyridine rings is 1. The van der Waals surface area contributed by atoms with Gasteiger partial charge in [-0.3, -0.25) is 9.78 Å². The van der Waals surface area contributed by atoms with Gasteiger partial charge in [0.2, 0.25) is 0 Å². The highest BCUT2D eigenvalue weighted by Crippen LogP contribution is 2.49. The lowest BCUT2D eigenvalue weighted by Crippen LogP contribution is -2.61. The van der Waals surface area contributed by atoms with E-state index in [1.54, 1.807) is 6.20 Å². The van der Waals surface area contributed by atoms with E-state index in [1.807, 2.05) is 23.1 Å². The normalized spacial score (nSPS) is 22.7. The zero-order valence-corrected chi connectivity index (χ0v) is 16.9. The third-order valence-electron chi connectivity index (χ3n) is 6.70. The van der Waals surface area contributed by atoms with Crippen LogP contribution in [-0.2, 0) is 11.2 Å². The van der Waals surface area contributed by atoms with Crippen LogP contribution in [0.25, 0.3) is 0 Å². The van der Waals surface area contributed by atoms with E-state index in [4.69, 9.17) is 4.74 Å². The summed E-state index contributed by atoms with van der Waals surface area (Å²) in [7, 11) is 0. The molecule has 0 unspecified atom stereocenters. The van der Waals surface area contributed by atoms with Crippen LogP contribution in [0, 0.1) is 0 Å². The molecule has 5 rings (SSSR count). The van der Waals surface area contributed by atoms with E-state index in [0.717, 1.165) is 51.7 Å². The quantitative estimate of drug-likeness (QED) is 0.803. The van der Waals surface area contributed by atoms with Crippen LogP contribution in [0.5, 0.6) is 0 Å². The summed E-state index contributed by atoms with van der Waals surface area (Å²) in [5.74, 6) is 0.0473. The van der Waals surface area contributed by atoms with Gasteiger partial charge in [-0.2, -0.15) is 0 Å². The van der Waals surface area contributed by atoms with Crippen LogP contribution >= 0.6 is 0 Å². The van der Waals surface area contributed by atoms with Gasteiger partial charge >= 0.3 is 0 Å². The predicted molar refractivity (Wildman–Crippen MR) is 112 cm³/mol. The highest BCUT2D eigenvalue weighted by Gasteiger charge is 2.56. The number of ether oxygens (including phenoxy) is 1. The fourth-order valence-electron chi connectivity index (χ4n) is 4.85. The molecule has 2 aromatic rings. The molecule has 5 heteroatoms. The fraction of sp³-hybridized carbons (Fsp3) is 0.500. The zero-order chi connectivity index (χ0) is 19.7. The van der Waals surface area contributed by atoms with Gasteiger partial charge in [0, 0.05) is 25.8 Å². The first-order valence-corrected chi connectivity index (χ1v) is 10.8. The molecule has 0 N–H and O–H groups in total. The third-order valence-corrected chi connectivity index (χ3v) is 6.70. The average molecular weight is 392 g/mol. The maximum Gasteiger partial charge on any atom is 0.272 e. The van der Waals surface area contributed by atoms with Crippen molar-refractivity contribution in [3.05, 3.63) is 66.0 Å². The Balaban J connectivity index is 1.23. The second-order valence-electron chi connectivity index (χ2n) is 8.92. The number of nitrogens with zero attached hydrogens (tertiary/aromatic N) is 3. The predicted octanol–water partition coefficient (Wildman–Crippen LogP) is 3.16. The molecule has 1 aromatic heterocycles. The molecule has 3 heterocycles. The number of aromatic nitrogens is 1. The number of rotatable bonds is 4. The number of carbonyl (C=O) groups is 1. The molecule has 1 amide bonds. The number of likely N-dealkylation sites (tertiary alicyclic amines) is 1. The Bertz CT molecular complexity index is 843. The molecule has 29 heavy (non-hydrogen) atoms. The number of hydrogen-bond acceptors (Lipinski definition) is 4. The number of piperidine rings is 1. The minimum absolute atomic E-state index is 0.0473. The van der Waals surface area contributed by atoms with Gasteiger partial charge < -0.3 is 14.5 Å². The number of benzene rings is 1. The Kier molecular flexibility index (Phi) is 4.88. The average Bonchev–Trinajstić information content (AvgIpc) is 3.51. The standard InChI is InChI=1S/C24H29N3O2/c28-22(21-8-4-5-14-25-21)27-18-23(10-11-23)29-24(19-27)12-16-26(17-13-24)15-9-20-6-2-1-3-7-20/h1-8,14H,9-13,15-19H2. The summed E-state index contributed by atoms with van der Waals surface area (Å²) in [4.78, 5) is 21.9. The van der Waals surface area contributed by atoms with Gasteiger partial charge in [-0.25, -0.2) is 0 Å². The molecule has 1 saturated carbocycles. The molecule has 2 aliphatic heterocycles. The van der Waals surface area contributed by atoms with Crippen LogP contribution in [0.4, 0.5) is 0 Å². The van der Waals surface area contributed by atoms with Gasteiger partial charge in [0.1, 0.15) is 5.69 Å². The van der Waals surface area contributed by atoms with E-state index in [9.17, 15) is 4.79 Å². The molecule has 0 radical (unpaired) electrons. The molecular weight excluding hydrogens is 362 g/mol. The Morgan fingerprint density at radius 2 is 1.62 bits per heavy atom. The number of morpholine rings is 1. The van der Waals surface area contributed by atoms with Gasteiger partial charge in [-0.05, 0) is 49.8 Å². The Labute approximate surface area is 172 Å². The summed E-state index contributed by atoms with van der Waals surface area (Å²) in [6.45, 7) is 4.56. The monoisotopic (exact) mass is 391 g/mol. The number of hydrogen-bond donors (Lipinski definition) is 0. The van der Waals surface area contributed by atoms with Crippen molar-refractivity contribution in [2.24, 2.45) is 0 Å². The summed E-state index contributed by atoms with van der Waals surface area (Å²) in [6, 6.07) is 16.2. The van der Waals surface area contributed by atoms with Gasteiger partial charge in [0.25, 0.3) is 5.91 Å². The molecule has 3 aliphatic rings. The van der Waals surface area contributed by atoms with Crippen LogP contribution in [-0.4, -0.2) is 64.6 Å². The zero-order valence-electron chi connectivity index (χ0n) is 16.9. The van der Waals surface area contributed by atoms with Crippen molar-refractivity contribution >= 4 is 5.91 Å². The summed E-state index contributed by atoms with van der Waals surface area (Å²) >= 11 is 0. The molecule has 3 fully saturated rings. The van der Waals surface area contributed by atoms with E-state index in [2.05, 4.69) is 40.2 Å². The molecule has 0 bridgehead atoms. The molecule has 1 aliphatic carbocycles. The van der Waals surface area contributed by atoms with Crippen molar-refractivity contribution in [1.29, 1.82) is 0 Å². The molecule has 1 aromatic carbocycles. The minimum atomic E-state index is -0.192. The second kappa shape index (κ2) is 7.54. The Morgan fingerprint density at radius 3 is 2.28 bits per heavy atom. The maximum absolute atomic E-state index is 13.1. The van der Waals surface area contributed by atoms with Crippen molar-refractivity contribution in [3.8, 4) is 0 Å². The first-order valence-electron chi connectivity index (χ1n) is 10.8. The van der Waals surface area contributed by atoms with E-state index >= 15 is 0 Å². The summed E-state index contributed by atoms with van der Waals surface area (Å²) in [6.07, 6.45) is 6.91. The molecule has 152 valence electrons. The first-order chi connectivity index (χ1) is 14.2. The van der Waals surface area contributed by atoms with E-state index in [1.165, 1.54) is 5.56 Å². The number of amides is 1. The lowest BCUT2D eigenvalue weighted by molar-refractivity contribution is -0.179. The minimum Gasteiger partial charge on any atom is -0.365 e. The second-order valence-corrected chi connectivity index (χ2v) is 8.92. The number of carbonyl (C=O) groups excluding carboxylic acids is 1. The molecule has 5 nitrogen and oxygen atoms in total. The van der Waals surface area contributed by atoms with Gasteiger partial charge in [-0.1, -0.05) is 36.4 Å². The molecule has 2 saturated heterocycles. The molecular formula is C24H29N3O2. The van der Waals surface area contributed by atoms with Crippen LogP contribution in [0.2, 0.25) is 0 Å². The smallest absolute Gasteiger partial charge is 0.272 e. The SMILES string of the molecule is O=C(c1ccccn1)N1CC2(CCN(CCc3ccccc3)CC2)OC2(CC2)C1. The fourth-order valence-corrected chi connectivity index (χ4v) is 4.85. The highest BCUT2D eigenvalue weighted by molar-refractivity contribution is 5.92. The van der Waals surface area contributed by atoms with Crippen LogP contribution in [0.1, 0.15) is 41.7 Å². The highest BCUT2D eigenvalue weighted by atomic mass is 16.5. The van der Waals surface area contributed by atoms with Crippen LogP contribution < -0.4 is 0 Å². The maximum atomic E-state index is 13.1. The van der Waals surface area contributed by atoms with E-state index in [-0.39, 0.29) is 17.1 Å². The van der Waals surface area contributed by atoms with Crippen molar-refractivity contribution in [2.45, 2.75) is 43.3 Å². The Hall–Kier alpha value is -2.24. The van der Waals surface area contributed by atoms with Crippen molar-refractivity contribution in [3.63, 3.8) is 0 Å². The summed E-state index contributed by atoms with van der Waals surface area (Å²) in [5, 5.41) is 0. The lowest BCUT2D eigenvalue weighted by Gasteiger charge is -2.50. The van der Waals surface area contributed by atoms with Crippen LogP contribution in [0.3, 0.4) is 0 Å². The van der Waals surface area contributed by atoms with Gasteiger partial charge in [0.15, 0.2) is 0 Å². The van der Waals surface area contributed by atoms with Crippen molar-refractivity contribution in [2.75, 3.05) is 32.7 Å². The molecule has 2 spiro atoms. The van der Waals surface area contributed by atoms with Gasteiger partial charge in [-0.15, -0.1) is 0 Å². The van der Waals surface area contributed by atoms with Crippen molar-refractivity contribution < 1.29 is 9.53 Å². The third kappa shape index (κ3) is 4.07. The molecule has 0 atom stereocenters. The summed E-state index contributed by atoms with van der Waals surface area (Å²) in [5.41, 5.74) is 1.64. The van der Waals surface area contributed by atoms with Crippen molar-refractivity contribution in [1.82, 2.24) is 14.8 Å². The first kappa shape index (κ1) is 18.8. The van der Waals surface area contributed by atoms with E-state index in [0.29, 0.717) is 18.8 Å². The Morgan fingerprint density at radius 1 is 0.931 bits per heavy atom. The summed E-state index contributed by atoms with van der Waals surface area (Å²) < 4.78 is 6.70. The van der Waals surface area contributed by atoms with Gasteiger partial charge in [0.05, 0.1) is 24.3 Å². The largest absolute Gasteiger partial charge is 0.365 e. The topological polar surface area (TPSA) is 45.7 Å². The van der Waals surface area contributed by atoms with Crippen LogP contribution in [0.15, 0.2) is 54.7 Å². The lowest BCUT2D eigenvalue weighted by atomic mass is 9.87. The van der Waals surface area contributed by atoms with E-state index < -0.39 is 0 Å².